The Morgan fingerprint density at radius 1 is 1.03 bits per heavy atom. The molecule has 1 atom stereocenters. The van der Waals surface area contributed by atoms with Crippen LogP contribution in [0, 0.1) is 19.8 Å². The maximum atomic E-state index is 13.0. The Morgan fingerprint density at radius 2 is 1.78 bits per heavy atom. The first-order valence-electron chi connectivity index (χ1n) is 11.0. The van der Waals surface area contributed by atoms with Gasteiger partial charge in [0.2, 0.25) is 21.8 Å². The van der Waals surface area contributed by atoms with E-state index < -0.39 is 15.9 Å². The summed E-state index contributed by atoms with van der Waals surface area (Å²) in [6.45, 7) is 5.11. The molecule has 7 nitrogen and oxygen atoms in total. The van der Waals surface area contributed by atoms with E-state index >= 15 is 0 Å². The first kappa shape index (κ1) is 22.5. The summed E-state index contributed by atoms with van der Waals surface area (Å²) in [6, 6.07) is 12.3. The fraction of sp³-hybridized carbons (Fsp3) is 0.417. The van der Waals surface area contributed by atoms with Gasteiger partial charge in [-0.25, -0.2) is 8.42 Å². The Morgan fingerprint density at radius 3 is 2.47 bits per heavy atom. The summed E-state index contributed by atoms with van der Waals surface area (Å²) in [4.78, 5) is 27.2. The van der Waals surface area contributed by atoms with Crippen LogP contribution in [0.2, 0.25) is 0 Å². The number of hydrogen-bond acceptors (Lipinski definition) is 4. The van der Waals surface area contributed by atoms with E-state index in [0.29, 0.717) is 38.0 Å². The average molecular weight is 456 g/mol. The zero-order valence-electron chi connectivity index (χ0n) is 18.5. The fourth-order valence-corrected chi connectivity index (χ4v) is 5.88. The molecular formula is C24H29N3O4S. The molecule has 1 unspecified atom stereocenters. The van der Waals surface area contributed by atoms with Crippen LogP contribution in [0.3, 0.4) is 0 Å². The minimum Gasteiger partial charge on any atom is -0.326 e. The van der Waals surface area contributed by atoms with Crippen molar-refractivity contribution < 1.29 is 18.0 Å². The molecule has 2 saturated heterocycles. The number of nitrogens with one attached hydrogen (secondary N) is 1. The summed E-state index contributed by atoms with van der Waals surface area (Å²) in [7, 11) is -3.64. The minimum atomic E-state index is -3.64. The van der Waals surface area contributed by atoms with Crippen molar-refractivity contribution in [3.05, 3.63) is 53.6 Å². The molecular weight excluding hydrogens is 426 g/mol. The van der Waals surface area contributed by atoms with Crippen molar-refractivity contribution in [2.75, 3.05) is 29.9 Å². The number of carbonyl (C=O) groups is 2. The van der Waals surface area contributed by atoms with Crippen LogP contribution in [-0.2, 0) is 19.6 Å². The Labute approximate surface area is 189 Å². The Kier molecular flexibility index (Phi) is 6.35. The third-order valence-electron chi connectivity index (χ3n) is 6.25. The van der Waals surface area contributed by atoms with Crippen LogP contribution in [0.4, 0.5) is 11.4 Å². The van der Waals surface area contributed by atoms with Crippen LogP contribution in [0.25, 0.3) is 0 Å². The largest absolute Gasteiger partial charge is 0.326 e. The molecule has 0 aromatic heterocycles. The second-order valence-corrected chi connectivity index (χ2v) is 10.6. The number of benzene rings is 2. The number of nitrogens with zero attached hydrogens (tertiary/aromatic N) is 2. The van der Waals surface area contributed by atoms with E-state index in [9.17, 15) is 18.0 Å². The number of sulfonamides is 1. The summed E-state index contributed by atoms with van der Waals surface area (Å²) < 4.78 is 27.5. The van der Waals surface area contributed by atoms with Gasteiger partial charge in [-0.2, -0.15) is 4.31 Å². The van der Waals surface area contributed by atoms with Gasteiger partial charge in [0.1, 0.15) is 0 Å². The molecule has 2 aliphatic rings. The van der Waals surface area contributed by atoms with Gasteiger partial charge in [0.15, 0.2) is 0 Å². The molecule has 32 heavy (non-hydrogen) atoms. The topological polar surface area (TPSA) is 86.8 Å². The lowest BCUT2D eigenvalue weighted by atomic mass is 9.98. The maximum Gasteiger partial charge on any atom is 0.243 e. The van der Waals surface area contributed by atoms with Gasteiger partial charge >= 0.3 is 0 Å². The predicted molar refractivity (Wildman–Crippen MR) is 124 cm³/mol. The highest BCUT2D eigenvalue weighted by molar-refractivity contribution is 7.89. The van der Waals surface area contributed by atoms with Crippen molar-refractivity contribution in [2.24, 2.45) is 5.92 Å². The fourth-order valence-electron chi connectivity index (χ4n) is 4.36. The smallest absolute Gasteiger partial charge is 0.243 e. The van der Waals surface area contributed by atoms with Crippen molar-refractivity contribution in [1.29, 1.82) is 0 Å². The standard InChI is InChI=1S/C24H29N3O4S/c1-17-7-11-21(12-8-17)32(30,31)26-13-3-5-19(16-26)24(29)25-20-10-9-18(2)22(15-20)27-14-4-6-23(27)28/h7-12,15,19H,3-6,13-14,16H2,1-2H3,(H,25,29). The summed E-state index contributed by atoms with van der Waals surface area (Å²) in [5, 5.41) is 2.94. The summed E-state index contributed by atoms with van der Waals surface area (Å²) in [5.74, 6) is -0.528. The van der Waals surface area contributed by atoms with Crippen LogP contribution in [-0.4, -0.2) is 44.2 Å². The maximum absolute atomic E-state index is 13.0. The van der Waals surface area contributed by atoms with Crippen molar-refractivity contribution >= 4 is 33.2 Å². The van der Waals surface area contributed by atoms with Crippen molar-refractivity contribution in [1.82, 2.24) is 4.31 Å². The number of aryl methyl sites for hydroxylation is 2. The molecule has 170 valence electrons. The van der Waals surface area contributed by atoms with Gasteiger partial charge in [-0.1, -0.05) is 23.8 Å². The first-order chi connectivity index (χ1) is 15.3. The molecule has 0 spiro atoms. The lowest BCUT2D eigenvalue weighted by Crippen LogP contribution is -2.43. The van der Waals surface area contributed by atoms with E-state index in [4.69, 9.17) is 0 Å². The first-order valence-corrected chi connectivity index (χ1v) is 12.5. The molecule has 2 amide bonds. The lowest BCUT2D eigenvalue weighted by Gasteiger charge is -2.31. The van der Waals surface area contributed by atoms with E-state index in [0.717, 1.165) is 23.2 Å². The number of amides is 2. The van der Waals surface area contributed by atoms with Gasteiger partial charge < -0.3 is 10.2 Å². The van der Waals surface area contributed by atoms with E-state index in [1.807, 2.05) is 32.0 Å². The van der Waals surface area contributed by atoms with E-state index in [1.165, 1.54) is 4.31 Å². The second kappa shape index (κ2) is 9.03. The molecule has 2 aliphatic heterocycles. The summed E-state index contributed by atoms with van der Waals surface area (Å²) in [5.41, 5.74) is 3.41. The SMILES string of the molecule is Cc1ccc(S(=O)(=O)N2CCCC(C(=O)Nc3ccc(C)c(N4CCCC4=O)c3)C2)cc1. The highest BCUT2D eigenvalue weighted by Crippen LogP contribution is 2.29. The minimum absolute atomic E-state index is 0.0980. The van der Waals surface area contributed by atoms with Gasteiger partial charge in [-0.3, -0.25) is 9.59 Å². The van der Waals surface area contributed by atoms with Crippen LogP contribution in [0.15, 0.2) is 47.4 Å². The van der Waals surface area contributed by atoms with E-state index in [2.05, 4.69) is 5.32 Å². The van der Waals surface area contributed by atoms with Crippen LogP contribution in [0.5, 0.6) is 0 Å². The normalized spacial score (nSPS) is 19.9. The zero-order valence-corrected chi connectivity index (χ0v) is 19.3. The predicted octanol–water partition coefficient (Wildman–Crippen LogP) is 3.47. The molecule has 2 aromatic rings. The summed E-state index contributed by atoms with van der Waals surface area (Å²) in [6.07, 6.45) is 2.64. The number of piperidine rings is 1. The third kappa shape index (κ3) is 4.56. The van der Waals surface area contributed by atoms with Gasteiger partial charge in [0, 0.05) is 37.4 Å². The molecule has 0 radical (unpaired) electrons. The molecule has 1 N–H and O–H groups in total. The van der Waals surface area contributed by atoms with Crippen molar-refractivity contribution in [3.63, 3.8) is 0 Å². The lowest BCUT2D eigenvalue weighted by molar-refractivity contribution is -0.121. The molecule has 0 aliphatic carbocycles. The van der Waals surface area contributed by atoms with Gasteiger partial charge in [0.25, 0.3) is 0 Å². The number of carbonyl (C=O) groups excluding carboxylic acids is 2. The molecule has 8 heteroatoms. The van der Waals surface area contributed by atoms with Crippen molar-refractivity contribution in [3.8, 4) is 0 Å². The van der Waals surface area contributed by atoms with Crippen molar-refractivity contribution in [2.45, 2.75) is 44.4 Å². The molecule has 0 bridgehead atoms. The molecule has 2 aromatic carbocycles. The molecule has 4 rings (SSSR count). The zero-order chi connectivity index (χ0) is 22.9. The third-order valence-corrected chi connectivity index (χ3v) is 8.13. The molecule has 2 heterocycles. The number of hydrogen-bond donors (Lipinski definition) is 1. The Bertz CT molecular complexity index is 1130. The molecule has 0 saturated carbocycles. The van der Waals surface area contributed by atoms with Gasteiger partial charge in [-0.15, -0.1) is 0 Å². The van der Waals surface area contributed by atoms with E-state index in [-0.39, 0.29) is 23.3 Å². The molecule has 2 fully saturated rings. The number of anilines is 2. The highest BCUT2D eigenvalue weighted by Gasteiger charge is 2.33. The van der Waals surface area contributed by atoms with Gasteiger partial charge in [0.05, 0.1) is 10.8 Å². The van der Waals surface area contributed by atoms with E-state index in [1.54, 1.807) is 29.2 Å². The second-order valence-electron chi connectivity index (χ2n) is 8.65. The monoisotopic (exact) mass is 455 g/mol. The van der Waals surface area contributed by atoms with Crippen LogP contribution >= 0.6 is 0 Å². The summed E-state index contributed by atoms with van der Waals surface area (Å²) >= 11 is 0. The van der Waals surface area contributed by atoms with Crippen LogP contribution in [0.1, 0.15) is 36.8 Å². The highest BCUT2D eigenvalue weighted by atomic mass is 32.2. The number of rotatable bonds is 5. The Balaban J connectivity index is 1.47. The van der Waals surface area contributed by atoms with Crippen LogP contribution < -0.4 is 10.2 Å². The quantitative estimate of drug-likeness (QED) is 0.748. The van der Waals surface area contributed by atoms with Gasteiger partial charge in [-0.05, 0) is 62.9 Å². The Hall–Kier alpha value is -2.71. The average Bonchev–Trinajstić information content (AvgIpc) is 3.21.